The molecule has 1 atom stereocenters. The van der Waals surface area contributed by atoms with Crippen LogP contribution in [0.5, 0.6) is 0 Å². The third kappa shape index (κ3) is 7.05. The van der Waals surface area contributed by atoms with Gasteiger partial charge in [-0.3, -0.25) is 14.4 Å². The van der Waals surface area contributed by atoms with E-state index in [1.807, 2.05) is 30.3 Å². The molecule has 37 heavy (non-hydrogen) atoms. The molecule has 0 spiro atoms. The molecule has 3 amide bonds. The maximum atomic E-state index is 13.9. The number of hydrogen-bond donors (Lipinski definition) is 3. The Morgan fingerprint density at radius 3 is 1.84 bits per heavy atom. The molecule has 8 heteroatoms. The number of carbonyl (C=O) groups excluding carboxylic acids is 3. The number of carbonyl (C=O) groups is 3. The fraction of sp³-hybridized carbons (Fsp3) is 0.0690. The topological polar surface area (TPSA) is 87.3 Å². The molecule has 0 aliphatic carbocycles. The van der Waals surface area contributed by atoms with E-state index in [0.29, 0.717) is 17.1 Å². The van der Waals surface area contributed by atoms with E-state index in [1.54, 1.807) is 54.6 Å². The van der Waals surface area contributed by atoms with E-state index >= 15 is 0 Å². The van der Waals surface area contributed by atoms with E-state index < -0.39 is 17.0 Å². The molecule has 3 N–H and O–H groups in total. The first-order chi connectivity index (χ1) is 17.9. The molecule has 186 valence electrons. The van der Waals surface area contributed by atoms with Crippen LogP contribution >= 0.6 is 11.8 Å². The smallest absolute Gasteiger partial charge is 0.258 e. The van der Waals surface area contributed by atoms with Gasteiger partial charge in [0.1, 0.15) is 11.1 Å². The van der Waals surface area contributed by atoms with Crippen molar-refractivity contribution >= 4 is 46.5 Å². The zero-order valence-electron chi connectivity index (χ0n) is 19.9. The number of amides is 3. The molecule has 0 aliphatic heterocycles. The van der Waals surface area contributed by atoms with Gasteiger partial charge in [-0.2, -0.15) is 0 Å². The van der Waals surface area contributed by atoms with Crippen LogP contribution in [0, 0.1) is 5.82 Å². The summed E-state index contributed by atoms with van der Waals surface area (Å²) in [5, 5.41) is 7.77. The minimum atomic E-state index is -0.589. The van der Waals surface area contributed by atoms with Crippen LogP contribution in [0.25, 0.3) is 0 Å². The molecule has 0 fully saturated rings. The van der Waals surface area contributed by atoms with Gasteiger partial charge in [0, 0.05) is 28.9 Å². The van der Waals surface area contributed by atoms with Gasteiger partial charge in [0.05, 0.1) is 5.56 Å². The average molecular weight is 514 g/mol. The number of anilines is 3. The summed E-state index contributed by atoms with van der Waals surface area (Å²) in [6, 6.07) is 29.1. The van der Waals surface area contributed by atoms with Gasteiger partial charge in [-0.25, -0.2) is 4.39 Å². The van der Waals surface area contributed by atoms with E-state index in [2.05, 4.69) is 16.0 Å². The highest BCUT2D eigenvalue weighted by Gasteiger charge is 2.22. The number of benzene rings is 4. The number of rotatable bonds is 8. The Hall–Kier alpha value is -4.43. The van der Waals surface area contributed by atoms with Crippen LogP contribution in [0.1, 0.15) is 28.1 Å². The van der Waals surface area contributed by atoms with Crippen LogP contribution in [-0.4, -0.2) is 17.7 Å². The maximum absolute atomic E-state index is 13.9. The summed E-state index contributed by atoms with van der Waals surface area (Å²) in [6.45, 7) is 1.43. The van der Waals surface area contributed by atoms with E-state index in [9.17, 15) is 18.8 Å². The minimum absolute atomic E-state index is 0.0353. The first kappa shape index (κ1) is 25.7. The van der Waals surface area contributed by atoms with Crippen molar-refractivity contribution in [3.8, 4) is 0 Å². The Labute approximate surface area is 218 Å². The minimum Gasteiger partial charge on any atom is -0.326 e. The van der Waals surface area contributed by atoms with Gasteiger partial charge in [0.25, 0.3) is 5.91 Å². The summed E-state index contributed by atoms with van der Waals surface area (Å²) in [5.41, 5.74) is 2.55. The molecule has 0 saturated carbocycles. The average Bonchev–Trinajstić information content (AvgIpc) is 2.89. The molecule has 0 heterocycles. The van der Waals surface area contributed by atoms with Crippen LogP contribution in [0.3, 0.4) is 0 Å². The third-order valence-electron chi connectivity index (χ3n) is 5.30. The van der Waals surface area contributed by atoms with Crippen LogP contribution in [0.2, 0.25) is 0 Å². The van der Waals surface area contributed by atoms with Gasteiger partial charge >= 0.3 is 0 Å². The lowest BCUT2D eigenvalue weighted by Crippen LogP contribution is -2.19. The fourth-order valence-electron chi connectivity index (χ4n) is 3.55. The molecular formula is C29H24FN3O3S. The van der Waals surface area contributed by atoms with E-state index in [-0.39, 0.29) is 17.4 Å². The fourth-order valence-corrected chi connectivity index (χ4v) is 4.57. The molecule has 6 nitrogen and oxygen atoms in total. The highest BCUT2D eigenvalue weighted by atomic mass is 32.2. The Balaban J connectivity index is 1.47. The van der Waals surface area contributed by atoms with Crippen LogP contribution in [0.4, 0.5) is 21.5 Å². The second kappa shape index (κ2) is 12.0. The third-order valence-corrected chi connectivity index (χ3v) is 6.56. The quantitative estimate of drug-likeness (QED) is 0.235. The Bertz CT molecular complexity index is 1390. The molecule has 0 aliphatic rings. The number of halogens is 1. The molecule has 0 bridgehead atoms. The zero-order chi connectivity index (χ0) is 26.2. The zero-order valence-corrected chi connectivity index (χ0v) is 20.7. The number of nitrogens with one attached hydrogen (secondary N) is 3. The predicted molar refractivity (Wildman–Crippen MR) is 145 cm³/mol. The maximum Gasteiger partial charge on any atom is 0.258 e. The molecule has 4 rings (SSSR count). The highest BCUT2D eigenvalue weighted by molar-refractivity contribution is 8.00. The second-order valence-corrected chi connectivity index (χ2v) is 9.29. The Morgan fingerprint density at radius 2 is 1.22 bits per heavy atom. The normalized spacial score (nSPS) is 11.3. The summed E-state index contributed by atoms with van der Waals surface area (Å²) in [4.78, 5) is 37.7. The number of thioether (sulfide) groups is 1. The lowest BCUT2D eigenvalue weighted by Gasteiger charge is -2.17. The van der Waals surface area contributed by atoms with Crippen molar-refractivity contribution in [3.05, 3.63) is 120 Å². The molecular weight excluding hydrogens is 489 g/mol. The SMILES string of the molecule is CC(=O)Nc1ccc(NC(=O)C(Sc2ccc(NC(=O)c3ccccc3F)cc2)c2ccccc2)cc1. The van der Waals surface area contributed by atoms with Gasteiger partial charge in [0.15, 0.2) is 0 Å². The van der Waals surface area contributed by atoms with Gasteiger partial charge in [-0.05, 0) is 66.2 Å². The van der Waals surface area contributed by atoms with E-state index in [1.165, 1.54) is 36.9 Å². The molecule has 0 saturated heterocycles. The summed E-state index contributed by atoms with van der Waals surface area (Å²) >= 11 is 1.37. The van der Waals surface area contributed by atoms with Crippen molar-refractivity contribution < 1.29 is 18.8 Å². The lowest BCUT2D eigenvalue weighted by molar-refractivity contribution is -0.116. The Morgan fingerprint density at radius 1 is 0.676 bits per heavy atom. The van der Waals surface area contributed by atoms with Gasteiger partial charge in [-0.15, -0.1) is 11.8 Å². The first-order valence-corrected chi connectivity index (χ1v) is 12.3. The standard InChI is InChI=1S/C29H24FN3O3S/c1-19(34)31-21-11-13-22(14-12-21)33-29(36)27(20-7-3-2-4-8-20)37-24-17-15-23(16-18-24)32-28(35)25-9-5-6-10-26(25)30/h2-18,27H,1H3,(H,31,34)(H,32,35)(H,33,36). The Kier molecular flexibility index (Phi) is 8.33. The summed E-state index contributed by atoms with van der Waals surface area (Å²) in [6.07, 6.45) is 0. The molecule has 4 aromatic carbocycles. The molecule has 1 unspecified atom stereocenters. The van der Waals surface area contributed by atoms with Crippen molar-refractivity contribution in [2.45, 2.75) is 17.1 Å². The van der Waals surface area contributed by atoms with Gasteiger partial charge < -0.3 is 16.0 Å². The van der Waals surface area contributed by atoms with Crippen LogP contribution in [0.15, 0.2) is 108 Å². The van der Waals surface area contributed by atoms with Crippen molar-refractivity contribution in [1.82, 2.24) is 0 Å². The number of hydrogen-bond acceptors (Lipinski definition) is 4. The highest BCUT2D eigenvalue weighted by Crippen LogP contribution is 2.37. The summed E-state index contributed by atoms with van der Waals surface area (Å²) in [5.74, 6) is -1.51. The van der Waals surface area contributed by atoms with Gasteiger partial charge in [0.2, 0.25) is 11.8 Å². The monoisotopic (exact) mass is 513 g/mol. The summed E-state index contributed by atoms with van der Waals surface area (Å²) < 4.78 is 13.9. The van der Waals surface area contributed by atoms with E-state index in [4.69, 9.17) is 0 Å². The lowest BCUT2D eigenvalue weighted by atomic mass is 10.1. The van der Waals surface area contributed by atoms with Crippen molar-refractivity contribution in [2.24, 2.45) is 0 Å². The molecule has 4 aromatic rings. The van der Waals surface area contributed by atoms with Crippen molar-refractivity contribution in [3.63, 3.8) is 0 Å². The molecule has 0 radical (unpaired) electrons. The van der Waals surface area contributed by atoms with Crippen molar-refractivity contribution in [2.75, 3.05) is 16.0 Å². The van der Waals surface area contributed by atoms with Crippen molar-refractivity contribution in [1.29, 1.82) is 0 Å². The first-order valence-electron chi connectivity index (χ1n) is 11.4. The predicted octanol–water partition coefficient (Wildman–Crippen LogP) is 6.51. The van der Waals surface area contributed by atoms with Crippen LogP contribution < -0.4 is 16.0 Å². The van der Waals surface area contributed by atoms with Gasteiger partial charge in [-0.1, -0.05) is 42.5 Å². The van der Waals surface area contributed by atoms with E-state index in [0.717, 1.165) is 10.5 Å². The largest absolute Gasteiger partial charge is 0.326 e. The second-order valence-electron chi connectivity index (χ2n) is 8.11. The molecule has 0 aromatic heterocycles. The summed E-state index contributed by atoms with van der Waals surface area (Å²) in [7, 11) is 0. The van der Waals surface area contributed by atoms with Crippen LogP contribution in [-0.2, 0) is 9.59 Å².